The minimum absolute atomic E-state index is 0.0703. The van der Waals surface area contributed by atoms with Crippen LogP contribution >= 0.6 is 0 Å². The third kappa shape index (κ3) is 3.62. The van der Waals surface area contributed by atoms with Gasteiger partial charge in [0.1, 0.15) is 6.61 Å². The molecule has 4 nitrogen and oxygen atoms in total. The van der Waals surface area contributed by atoms with Crippen LogP contribution in [0, 0.1) is 16.7 Å². The van der Waals surface area contributed by atoms with Crippen LogP contribution in [0.15, 0.2) is 48.5 Å². The lowest BCUT2D eigenvalue weighted by Gasteiger charge is -2.35. The molecular weight excluding hydrogens is 348 g/mol. The Hall–Kier alpha value is -2.80. The van der Waals surface area contributed by atoms with Crippen molar-refractivity contribution in [2.45, 2.75) is 44.4 Å². The molecule has 2 aliphatic rings. The van der Waals surface area contributed by atoms with Gasteiger partial charge >= 0.3 is 6.09 Å². The summed E-state index contributed by atoms with van der Waals surface area (Å²) in [6, 6.07) is 19.0. The second-order valence-corrected chi connectivity index (χ2v) is 8.07. The predicted molar refractivity (Wildman–Crippen MR) is 109 cm³/mol. The van der Waals surface area contributed by atoms with Gasteiger partial charge in [-0.2, -0.15) is 5.26 Å². The lowest BCUT2D eigenvalue weighted by Crippen LogP contribution is -2.39. The van der Waals surface area contributed by atoms with E-state index in [1.807, 2.05) is 24.3 Å². The minimum Gasteiger partial charge on any atom is -0.449 e. The molecule has 2 aromatic rings. The van der Waals surface area contributed by atoms with Crippen LogP contribution in [0.2, 0.25) is 0 Å². The van der Waals surface area contributed by atoms with Crippen LogP contribution in [0.4, 0.5) is 4.79 Å². The quantitative estimate of drug-likeness (QED) is 0.763. The Kier molecular flexibility index (Phi) is 5.34. The first kappa shape index (κ1) is 18.6. The number of rotatable bonds is 5. The van der Waals surface area contributed by atoms with Crippen LogP contribution in [0.25, 0.3) is 11.1 Å². The van der Waals surface area contributed by atoms with Crippen molar-refractivity contribution < 1.29 is 9.53 Å². The summed E-state index contributed by atoms with van der Waals surface area (Å²) in [7, 11) is 0. The summed E-state index contributed by atoms with van der Waals surface area (Å²) < 4.78 is 5.62. The van der Waals surface area contributed by atoms with Crippen molar-refractivity contribution in [3.05, 3.63) is 59.7 Å². The monoisotopic (exact) mass is 374 g/mol. The Labute approximate surface area is 166 Å². The van der Waals surface area contributed by atoms with Gasteiger partial charge in [0.05, 0.1) is 6.07 Å². The summed E-state index contributed by atoms with van der Waals surface area (Å²) >= 11 is 0. The highest BCUT2D eigenvalue weighted by Gasteiger charge is 2.33. The molecule has 1 saturated carbocycles. The maximum Gasteiger partial charge on any atom is 0.407 e. The van der Waals surface area contributed by atoms with Crippen molar-refractivity contribution in [2.75, 3.05) is 13.2 Å². The van der Waals surface area contributed by atoms with E-state index in [1.165, 1.54) is 28.7 Å². The second kappa shape index (κ2) is 8.06. The Balaban J connectivity index is 1.39. The number of carbonyl (C=O) groups is 1. The highest BCUT2D eigenvalue weighted by atomic mass is 16.5. The predicted octanol–water partition coefficient (Wildman–Crippen LogP) is 5.39. The zero-order valence-corrected chi connectivity index (χ0v) is 16.1. The van der Waals surface area contributed by atoms with Crippen LogP contribution in [0.1, 0.15) is 55.6 Å². The maximum absolute atomic E-state index is 12.4. The number of nitrogens with zero attached hydrogens (tertiary/aromatic N) is 1. The molecule has 1 fully saturated rings. The Morgan fingerprint density at radius 2 is 1.64 bits per heavy atom. The van der Waals surface area contributed by atoms with Gasteiger partial charge in [-0.15, -0.1) is 0 Å². The molecule has 0 aromatic heterocycles. The maximum atomic E-state index is 12.4. The van der Waals surface area contributed by atoms with Crippen molar-refractivity contribution in [1.29, 1.82) is 5.26 Å². The normalized spacial score (nSPS) is 17.2. The van der Waals surface area contributed by atoms with Crippen molar-refractivity contribution in [2.24, 2.45) is 5.41 Å². The first-order valence-corrected chi connectivity index (χ1v) is 10.2. The molecule has 1 amide bonds. The standard InChI is InChI=1S/C24H26N2O2/c25-15-14-24(12-6-1-7-13-24)17-26-23(27)28-16-22-20-10-4-2-8-18(20)19-9-3-5-11-21(19)22/h2-5,8-11,22H,1,6-7,12-14,16-17H2,(H,26,27). The van der Waals surface area contributed by atoms with Gasteiger partial charge in [0, 0.05) is 24.3 Å². The molecule has 0 saturated heterocycles. The molecule has 28 heavy (non-hydrogen) atoms. The van der Waals surface area contributed by atoms with Gasteiger partial charge in [0.15, 0.2) is 0 Å². The Bertz CT molecular complexity index is 848. The molecule has 0 radical (unpaired) electrons. The number of alkyl carbamates (subject to hydrolysis) is 1. The summed E-state index contributed by atoms with van der Waals surface area (Å²) in [4.78, 5) is 12.4. The minimum atomic E-state index is -0.384. The van der Waals surface area contributed by atoms with Gasteiger partial charge in [-0.25, -0.2) is 4.79 Å². The average Bonchev–Trinajstić information content (AvgIpc) is 3.06. The van der Waals surface area contributed by atoms with Crippen molar-refractivity contribution in [3.63, 3.8) is 0 Å². The summed E-state index contributed by atoms with van der Waals surface area (Å²) in [5.74, 6) is 0.0703. The average molecular weight is 374 g/mol. The SMILES string of the molecule is N#CCC1(CNC(=O)OCC2c3ccccc3-c3ccccc32)CCCCC1. The van der Waals surface area contributed by atoms with Crippen molar-refractivity contribution in [3.8, 4) is 17.2 Å². The smallest absolute Gasteiger partial charge is 0.407 e. The molecule has 1 N–H and O–H groups in total. The number of benzene rings is 2. The second-order valence-electron chi connectivity index (χ2n) is 8.07. The zero-order chi connectivity index (χ0) is 19.4. The molecule has 0 heterocycles. The third-order valence-corrected chi connectivity index (χ3v) is 6.32. The van der Waals surface area contributed by atoms with E-state index in [4.69, 9.17) is 4.74 Å². The van der Waals surface area contributed by atoms with E-state index in [0.717, 1.165) is 25.7 Å². The van der Waals surface area contributed by atoms with Gasteiger partial charge in [0.2, 0.25) is 0 Å². The van der Waals surface area contributed by atoms with E-state index >= 15 is 0 Å². The number of amides is 1. The Morgan fingerprint density at radius 1 is 1.04 bits per heavy atom. The first-order chi connectivity index (χ1) is 13.7. The number of hydrogen-bond acceptors (Lipinski definition) is 3. The molecular formula is C24H26N2O2. The van der Waals surface area contributed by atoms with E-state index in [9.17, 15) is 10.1 Å². The largest absolute Gasteiger partial charge is 0.449 e. The van der Waals surface area contributed by atoms with Crippen molar-refractivity contribution >= 4 is 6.09 Å². The van der Waals surface area contributed by atoms with E-state index in [0.29, 0.717) is 19.6 Å². The van der Waals surface area contributed by atoms with Gasteiger partial charge < -0.3 is 10.1 Å². The van der Waals surface area contributed by atoms with Crippen LogP contribution in [-0.4, -0.2) is 19.2 Å². The Morgan fingerprint density at radius 3 is 2.25 bits per heavy atom. The number of carbonyl (C=O) groups excluding carboxylic acids is 1. The lowest BCUT2D eigenvalue weighted by atomic mass is 9.72. The van der Waals surface area contributed by atoms with E-state index in [2.05, 4.69) is 35.7 Å². The topological polar surface area (TPSA) is 62.1 Å². The highest BCUT2D eigenvalue weighted by molar-refractivity contribution is 5.79. The lowest BCUT2D eigenvalue weighted by molar-refractivity contribution is 0.128. The van der Waals surface area contributed by atoms with E-state index < -0.39 is 0 Å². The van der Waals surface area contributed by atoms with Crippen LogP contribution in [-0.2, 0) is 4.74 Å². The molecule has 4 heteroatoms. The summed E-state index contributed by atoms with van der Waals surface area (Å²) in [5.41, 5.74) is 4.79. The number of ether oxygens (including phenoxy) is 1. The van der Waals surface area contributed by atoms with Crippen LogP contribution in [0.5, 0.6) is 0 Å². The highest BCUT2D eigenvalue weighted by Crippen LogP contribution is 2.44. The van der Waals surface area contributed by atoms with Gasteiger partial charge in [-0.05, 0) is 35.1 Å². The van der Waals surface area contributed by atoms with Gasteiger partial charge in [0.25, 0.3) is 0 Å². The fourth-order valence-corrected chi connectivity index (χ4v) is 4.79. The van der Waals surface area contributed by atoms with Crippen LogP contribution in [0.3, 0.4) is 0 Å². The van der Waals surface area contributed by atoms with Gasteiger partial charge in [-0.3, -0.25) is 0 Å². The molecule has 0 bridgehead atoms. The molecule has 0 atom stereocenters. The summed E-state index contributed by atoms with van der Waals surface area (Å²) in [5, 5.41) is 12.1. The van der Waals surface area contributed by atoms with E-state index in [1.54, 1.807) is 0 Å². The molecule has 4 rings (SSSR count). The molecule has 0 aliphatic heterocycles. The van der Waals surface area contributed by atoms with Crippen molar-refractivity contribution in [1.82, 2.24) is 5.32 Å². The zero-order valence-electron chi connectivity index (χ0n) is 16.1. The molecule has 0 unspecified atom stereocenters. The number of nitrogens with one attached hydrogen (secondary N) is 1. The third-order valence-electron chi connectivity index (χ3n) is 6.32. The fourth-order valence-electron chi connectivity index (χ4n) is 4.79. The number of fused-ring (bicyclic) bond motifs is 3. The molecule has 2 aliphatic carbocycles. The number of nitriles is 1. The van der Waals surface area contributed by atoms with E-state index in [-0.39, 0.29) is 17.4 Å². The summed E-state index contributed by atoms with van der Waals surface area (Å²) in [6.07, 6.45) is 5.61. The van der Waals surface area contributed by atoms with Crippen LogP contribution < -0.4 is 5.32 Å². The van der Waals surface area contributed by atoms with Gasteiger partial charge in [-0.1, -0.05) is 67.8 Å². The molecule has 0 spiro atoms. The molecule has 2 aromatic carbocycles. The summed E-state index contributed by atoms with van der Waals surface area (Å²) in [6.45, 7) is 0.850. The molecule has 144 valence electrons. The first-order valence-electron chi connectivity index (χ1n) is 10.2. The number of hydrogen-bond donors (Lipinski definition) is 1. The fraction of sp³-hybridized carbons (Fsp3) is 0.417.